The third-order valence-corrected chi connectivity index (χ3v) is 8.58. The third-order valence-electron chi connectivity index (χ3n) is 8.58. The standard InChI is InChI=1S/C32H38N4O2.Zn/c1-8-21-18(5)27-15-30-22(9-2)17(4)26(34-30)14-28-19(6)23(10-11-31(37)38)32(36-28)20(7)25-12-16(3)24(33-25)13-29(21)35-27;/h12-15,19,23,34-35H,8-11H2,1-7H3,(H,37,38);. The zero-order valence-corrected chi connectivity index (χ0v) is 27.2. The number of carboxylic acids is 1. The summed E-state index contributed by atoms with van der Waals surface area (Å²) < 4.78 is 0. The molecule has 3 aromatic rings. The fourth-order valence-corrected chi connectivity index (χ4v) is 6.19. The number of H-pyrrole nitrogens is 2. The zero-order chi connectivity index (χ0) is 27.3. The maximum Gasteiger partial charge on any atom is 0.303 e. The summed E-state index contributed by atoms with van der Waals surface area (Å²) >= 11 is 0. The van der Waals surface area contributed by atoms with Crippen LogP contribution in [0.4, 0.5) is 0 Å². The molecule has 5 rings (SSSR count). The molecule has 6 nitrogen and oxygen atoms in total. The molecule has 2 unspecified atom stereocenters. The van der Waals surface area contributed by atoms with Gasteiger partial charge in [0.05, 0.1) is 11.4 Å². The Hall–Kier alpha value is -3.05. The number of hydrogen-bond donors (Lipinski definition) is 3. The zero-order valence-electron chi connectivity index (χ0n) is 24.2. The number of carbonyl (C=O) groups is 1. The molecule has 0 radical (unpaired) electrons. The molecule has 200 valence electrons. The average Bonchev–Trinajstić information content (AvgIpc) is 3.57. The van der Waals surface area contributed by atoms with Crippen LogP contribution in [0.25, 0.3) is 33.7 Å². The fourth-order valence-electron chi connectivity index (χ4n) is 6.19. The molecule has 8 bridgehead atoms. The van der Waals surface area contributed by atoms with E-state index in [0.29, 0.717) is 6.42 Å². The number of aliphatic carboxylic acids is 1. The number of rotatable bonds is 5. The van der Waals surface area contributed by atoms with Gasteiger partial charge in [0.2, 0.25) is 0 Å². The van der Waals surface area contributed by atoms with Crippen LogP contribution in [-0.2, 0) is 37.1 Å². The molecule has 0 aromatic carbocycles. The molecule has 3 aromatic heterocycles. The second-order valence-electron chi connectivity index (χ2n) is 10.8. The predicted molar refractivity (Wildman–Crippen MR) is 156 cm³/mol. The van der Waals surface area contributed by atoms with Gasteiger partial charge in [0.25, 0.3) is 0 Å². The second-order valence-corrected chi connectivity index (χ2v) is 10.8. The first-order valence-electron chi connectivity index (χ1n) is 13.8. The molecule has 2 aliphatic heterocycles. The van der Waals surface area contributed by atoms with Crippen molar-refractivity contribution < 1.29 is 29.4 Å². The van der Waals surface area contributed by atoms with Crippen molar-refractivity contribution in [3.8, 4) is 0 Å². The van der Waals surface area contributed by atoms with Crippen LogP contribution in [0.2, 0.25) is 0 Å². The van der Waals surface area contributed by atoms with Crippen LogP contribution in [0.15, 0.2) is 18.2 Å². The largest absolute Gasteiger partial charge is 0.481 e. The van der Waals surface area contributed by atoms with Crippen LogP contribution in [-0.4, -0.2) is 31.0 Å². The smallest absolute Gasteiger partial charge is 0.303 e. The first-order chi connectivity index (χ1) is 18.1. The van der Waals surface area contributed by atoms with E-state index < -0.39 is 5.97 Å². The summed E-state index contributed by atoms with van der Waals surface area (Å²) in [5.74, 6) is -0.634. The first kappa shape index (κ1) is 28.9. The van der Waals surface area contributed by atoms with Crippen molar-refractivity contribution in [1.29, 1.82) is 0 Å². The van der Waals surface area contributed by atoms with Crippen molar-refractivity contribution in [3.05, 3.63) is 68.8 Å². The Labute approximate surface area is 243 Å². The number of allylic oxidation sites excluding steroid dienone is 1. The van der Waals surface area contributed by atoms with Crippen molar-refractivity contribution in [1.82, 2.24) is 19.9 Å². The van der Waals surface area contributed by atoms with Gasteiger partial charge >= 0.3 is 5.97 Å². The third kappa shape index (κ3) is 5.14. The fraction of sp³-hybridized carbons (Fsp3) is 0.406. The SMILES string of the molecule is CCc1c(C)c2cc3[nH]c(cc4nc(c(C)c5nc(cc1[nH]2)C(C)=C5)C(CCC(=O)O)C4C)c(C)c3CC.[Zn]. The minimum Gasteiger partial charge on any atom is -0.481 e. The Bertz CT molecular complexity index is 1640. The van der Waals surface area contributed by atoms with E-state index in [2.05, 4.69) is 82.7 Å². The van der Waals surface area contributed by atoms with Gasteiger partial charge in [-0.05, 0) is 105 Å². The normalized spacial score (nSPS) is 16.6. The molecule has 7 heteroatoms. The number of fused-ring (bicyclic) bond motifs is 8. The van der Waals surface area contributed by atoms with Crippen LogP contribution in [0.1, 0.15) is 103 Å². The summed E-state index contributed by atoms with van der Waals surface area (Å²) in [4.78, 5) is 29.1. The van der Waals surface area contributed by atoms with E-state index in [1.54, 1.807) is 0 Å². The summed E-state index contributed by atoms with van der Waals surface area (Å²) in [5, 5.41) is 9.44. The summed E-state index contributed by atoms with van der Waals surface area (Å²) in [5.41, 5.74) is 15.5. The van der Waals surface area contributed by atoms with Gasteiger partial charge in [-0.15, -0.1) is 0 Å². The Morgan fingerprint density at radius 2 is 1.46 bits per heavy atom. The van der Waals surface area contributed by atoms with Crippen molar-refractivity contribution in [2.75, 3.05) is 0 Å². The van der Waals surface area contributed by atoms with Crippen molar-refractivity contribution >= 4 is 39.7 Å². The molecular formula is C32H38N4O2Zn. The van der Waals surface area contributed by atoms with E-state index in [4.69, 9.17) is 9.97 Å². The molecule has 0 saturated heterocycles. The van der Waals surface area contributed by atoms with Gasteiger partial charge in [-0.25, -0.2) is 4.98 Å². The Balaban J connectivity index is 0.00000353. The average molecular weight is 576 g/mol. The summed E-state index contributed by atoms with van der Waals surface area (Å²) in [7, 11) is 0. The van der Waals surface area contributed by atoms with Gasteiger partial charge in [0.1, 0.15) is 0 Å². The van der Waals surface area contributed by atoms with Crippen LogP contribution in [0.5, 0.6) is 0 Å². The van der Waals surface area contributed by atoms with Crippen LogP contribution in [0, 0.1) is 20.8 Å². The number of hydrogen-bond acceptors (Lipinski definition) is 3. The molecule has 5 heterocycles. The van der Waals surface area contributed by atoms with Crippen molar-refractivity contribution in [2.24, 2.45) is 0 Å². The molecule has 0 aliphatic carbocycles. The Morgan fingerprint density at radius 3 is 2.05 bits per heavy atom. The monoisotopic (exact) mass is 574 g/mol. The summed E-state index contributed by atoms with van der Waals surface area (Å²) in [6, 6.07) is 6.58. The van der Waals surface area contributed by atoms with Crippen molar-refractivity contribution in [2.45, 2.75) is 86.0 Å². The molecule has 0 saturated carbocycles. The van der Waals surface area contributed by atoms with E-state index in [1.165, 1.54) is 22.3 Å². The molecule has 0 spiro atoms. The predicted octanol–water partition coefficient (Wildman–Crippen LogP) is 7.67. The van der Waals surface area contributed by atoms with Crippen molar-refractivity contribution in [3.63, 3.8) is 0 Å². The molecular weight excluding hydrogens is 538 g/mol. The van der Waals surface area contributed by atoms with Gasteiger partial charge in [-0.1, -0.05) is 20.8 Å². The number of aromatic nitrogens is 4. The van der Waals surface area contributed by atoms with E-state index in [9.17, 15) is 9.90 Å². The molecule has 3 N–H and O–H groups in total. The molecule has 2 atom stereocenters. The number of carboxylic acid groups (broad SMARTS) is 1. The van der Waals surface area contributed by atoms with E-state index in [0.717, 1.165) is 68.8 Å². The van der Waals surface area contributed by atoms with Crippen LogP contribution < -0.4 is 0 Å². The van der Waals surface area contributed by atoms with E-state index >= 15 is 0 Å². The number of aryl methyl sites for hydroxylation is 4. The van der Waals surface area contributed by atoms with Gasteiger partial charge in [0, 0.05) is 71.2 Å². The maximum atomic E-state index is 11.5. The second kappa shape index (κ2) is 11.2. The first-order valence-corrected chi connectivity index (χ1v) is 13.8. The van der Waals surface area contributed by atoms with Crippen LogP contribution >= 0.6 is 0 Å². The van der Waals surface area contributed by atoms with Gasteiger partial charge in [-0.3, -0.25) is 9.78 Å². The molecule has 39 heavy (non-hydrogen) atoms. The van der Waals surface area contributed by atoms with Gasteiger partial charge < -0.3 is 15.1 Å². The number of aromatic amines is 2. The maximum absolute atomic E-state index is 11.5. The number of nitrogens with one attached hydrogen (secondary N) is 2. The summed E-state index contributed by atoms with van der Waals surface area (Å²) in [6.45, 7) is 15.1. The number of nitrogens with zero attached hydrogens (tertiary/aromatic N) is 2. The summed E-state index contributed by atoms with van der Waals surface area (Å²) in [6.07, 6.45) is 4.66. The topological polar surface area (TPSA) is 94.7 Å². The van der Waals surface area contributed by atoms with Gasteiger partial charge in [-0.2, -0.15) is 0 Å². The molecule has 2 aliphatic rings. The molecule has 0 amide bonds. The minimum atomic E-state index is -0.774. The Kier molecular flexibility index (Phi) is 8.32. The minimum absolute atomic E-state index is 0. The van der Waals surface area contributed by atoms with Crippen LogP contribution in [0.3, 0.4) is 0 Å². The van der Waals surface area contributed by atoms with E-state index in [-0.39, 0.29) is 37.7 Å². The Morgan fingerprint density at radius 1 is 0.872 bits per heavy atom. The molecule has 0 fully saturated rings. The van der Waals surface area contributed by atoms with E-state index in [1.807, 2.05) is 0 Å². The van der Waals surface area contributed by atoms with Gasteiger partial charge in [0.15, 0.2) is 0 Å². The quantitative estimate of drug-likeness (QED) is 0.272.